The third-order valence-electron chi connectivity index (χ3n) is 10.1. The van der Waals surface area contributed by atoms with E-state index in [0.29, 0.717) is 0 Å². The molecule has 2 aliphatic carbocycles. The number of unbranched alkanes of at least 4 members (excludes halogenated alkanes) is 18. The van der Waals surface area contributed by atoms with Crippen LogP contribution in [-0.2, 0) is 4.74 Å². The van der Waals surface area contributed by atoms with E-state index in [0.717, 1.165) is 13.2 Å². The maximum absolute atomic E-state index is 5.07. The van der Waals surface area contributed by atoms with Crippen LogP contribution in [0, 0.1) is 0 Å². The lowest BCUT2D eigenvalue weighted by molar-refractivity contribution is 0.0968. The molecule has 1 heterocycles. The molecule has 2 fully saturated rings. The van der Waals surface area contributed by atoms with Gasteiger partial charge < -0.3 is 4.74 Å². The minimum absolute atomic E-state index is 1.00. The van der Waals surface area contributed by atoms with E-state index in [2.05, 4.69) is 133 Å². The van der Waals surface area contributed by atoms with Gasteiger partial charge in [-0.2, -0.15) is 0 Å². The molecule has 0 atom stereocenters. The van der Waals surface area contributed by atoms with Crippen molar-refractivity contribution in [2.75, 3.05) is 13.2 Å². The average Bonchev–Trinajstić information content (AvgIpc) is 3.92. The van der Waals surface area contributed by atoms with E-state index in [1.165, 1.54) is 244 Å². The van der Waals surface area contributed by atoms with E-state index in [9.17, 15) is 0 Å². The van der Waals surface area contributed by atoms with E-state index in [1.54, 1.807) is 0 Å². The van der Waals surface area contributed by atoms with E-state index < -0.39 is 0 Å². The van der Waals surface area contributed by atoms with Crippen molar-refractivity contribution in [3.05, 3.63) is 36.5 Å². The Hall–Kier alpha value is -0.820. The standard InChI is InChI=1S/C8H18.C7H16.2C7H14.C6H12.C6H14.C5H10O.C5H8.C5H12.C4H10/c1-3-5-7-8-6-4-2;3*1-3-5-7-6-4-2;1-2-4-6-5-3-1;1-3-5-6-4-2;1-2-4-6-5-3-1;1-2-4-5-3-1;1-3-5-4-2;1-3-4-2/h3-8H2,1-2H3;3-7H2,1-2H3;5,7H,3-4,6H2,1-2H3;3,5H,4,6-7H2,1-2H3;1-6H2;3-6H2,1-2H3;1-5H2;1-2H,3-5H2;3-5H2,1-2H3;3-4H2,1-2H3/b;;7-5-;5-3-;;;;;;. The molecule has 1 aliphatic heterocycles. The lowest BCUT2D eigenvalue weighted by atomic mass is 10.0. The molecule has 0 amide bonds. The van der Waals surface area contributed by atoms with Gasteiger partial charge in [0.15, 0.2) is 0 Å². The van der Waals surface area contributed by atoms with Gasteiger partial charge >= 0.3 is 0 Å². The summed E-state index contributed by atoms with van der Waals surface area (Å²) in [5, 5.41) is 0. The summed E-state index contributed by atoms with van der Waals surface area (Å²) < 4.78 is 5.07. The number of rotatable bonds is 21. The van der Waals surface area contributed by atoms with Crippen LogP contribution < -0.4 is 0 Å². The van der Waals surface area contributed by atoms with Crippen LogP contribution in [0.1, 0.15) is 341 Å². The molecule has 0 N–H and O–H groups in total. The fraction of sp³-hybridized carbons (Fsp3) is 0.900. The van der Waals surface area contributed by atoms with E-state index in [4.69, 9.17) is 4.74 Å². The second kappa shape index (κ2) is 93.9. The van der Waals surface area contributed by atoms with Gasteiger partial charge in [-0.3, -0.25) is 0 Å². The Kier molecular flexibility index (Phi) is 115. The highest BCUT2D eigenvalue weighted by Gasteiger charge is 1.96. The zero-order valence-electron chi connectivity index (χ0n) is 46.2. The van der Waals surface area contributed by atoms with Gasteiger partial charge in [0.05, 0.1) is 0 Å². The van der Waals surface area contributed by atoms with E-state index >= 15 is 0 Å². The predicted octanol–water partition coefficient (Wildman–Crippen LogP) is 23.7. The molecule has 0 radical (unpaired) electrons. The molecule has 0 aromatic rings. The first kappa shape index (κ1) is 74.5. The van der Waals surface area contributed by atoms with Crippen LogP contribution in [0.2, 0.25) is 0 Å². The van der Waals surface area contributed by atoms with Crippen LogP contribution in [0.25, 0.3) is 0 Å². The van der Waals surface area contributed by atoms with Crippen molar-refractivity contribution in [1.29, 1.82) is 0 Å². The largest absolute Gasteiger partial charge is 0.381 e. The monoisotopic (exact) mass is 865 g/mol. The Bertz CT molecular complexity index is 579. The van der Waals surface area contributed by atoms with Crippen LogP contribution in [0.5, 0.6) is 0 Å². The number of ether oxygens (including phenoxy) is 1. The van der Waals surface area contributed by atoms with E-state index in [-0.39, 0.29) is 0 Å². The Labute approximate surface area is 393 Å². The van der Waals surface area contributed by atoms with Gasteiger partial charge in [-0.1, -0.05) is 313 Å². The molecule has 0 unspecified atom stereocenters. The summed E-state index contributed by atoms with van der Waals surface area (Å²) in [6, 6.07) is 0. The van der Waals surface area contributed by atoms with Crippen LogP contribution >= 0.6 is 0 Å². The molecule has 3 rings (SSSR count). The SMILES string of the molecule is C/C=C\CCCC.C1=CCCC1.C1CCCCC1.C1CCOCC1.CC/C=C\CCC.CCCC.CCCCC.CCCCCC.CCCCCCC.CCCCCCCC. The first-order valence-corrected chi connectivity index (χ1v) is 28.4. The fourth-order valence-corrected chi connectivity index (χ4v) is 5.66. The van der Waals surface area contributed by atoms with Gasteiger partial charge in [0.1, 0.15) is 0 Å². The predicted molar refractivity (Wildman–Crippen MR) is 293 cm³/mol. The Balaban J connectivity index is -0.000000107. The van der Waals surface area contributed by atoms with Gasteiger partial charge in [0.2, 0.25) is 0 Å². The van der Waals surface area contributed by atoms with Crippen molar-refractivity contribution in [3.8, 4) is 0 Å². The molecule has 1 saturated heterocycles. The molecule has 0 spiro atoms. The molecule has 0 bridgehead atoms. The zero-order chi connectivity index (χ0) is 47.2. The summed E-state index contributed by atoms with van der Waals surface area (Å²) in [6.45, 7) is 32.9. The summed E-state index contributed by atoms with van der Waals surface area (Å²) >= 11 is 0. The third kappa shape index (κ3) is 126. The number of hydrogen-bond acceptors (Lipinski definition) is 1. The van der Waals surface area contributed by atoms with Crippen molar-refractivity contribution >= 4 is 0 Å². The molecule has 374 valence electrons. The lowest BCUT2D eigenvalue weighted by Gasteiger charge is -2.08. The molecule has 0 aromatic carbocycles. The van der Waals surface area contributed by atoms with Crippen molar-refractivity contribution in [3.63, 3.8) is 0 Å². The highest BCUT2D eigenvalue weighted by Crippen LogP contribution is 2.15. The lowest BCUT2D eigenvalue weighted by Crippen LogP contribution is -2.03. The van der Waals surface area contributed by atoms with Crippen LogP contribution in [0.4, 0.5) is 0 Å². The number of allylic oxidation sites excluding steroid dienone is 6. The highest BCUT2D eigenvalue weighted by molar-refractivity contribution is 4.88. The van der Waals surface area contributed by atoms with E-state index in [1.807, 2.05) is 0 Å². The Morgan fingerprint density at radius 1 is 0.311 bits per heavy atom. The minimum atomic E-state index is 1.00. The maximum atomic E-state index is 5.07. The number of hydrogen-bond donors (Lipinski definition) is 0. The zero-order valence-corrected chi connectivity index (χ0v) is 46.2. The molecule has 61 heavy (non-hydrogen) atoms. The normalized spacial score (nSPS) is 13.3. The molecule has 3 aliphatic rings. The molecule has 1 heteroatoms. The van der Waals surface area contributed by atoms with Gasteiger partial charge in [-0.25, -0.2) is 0 Å². The summed E-state index contributed by atoms with van der Waals surface area (Å²) in [5.41, 5.74) is 0. The smallest absolute Gasteiger partial charge is 0.0466 e. The minimum Gasteiger partial charge on any atom is -0.381 e. The summed E-state index contributed by atoms with van der Waals surface area (Å²) in [7, 11) is 0. The fourth-order valence-electron chi connectivity index (χ4n) is 5.66. The third-order valence-corrected chi connectivity index (χ3v) is 10.1. The van der Waals surface area contributed by atoms with Crippen molar-refractivity contribution in [2.45, 2.75) is 341 Å². The van der Waals surface area contributed by atoms with Crippen LogP contribution in [0.15, 0.2) is 36.5 Å². The summed E-state index contributed by atoms with van der Waals surface area (Å²) in [5.74, 6) is 0. The van der Waals surface area contributed by atoms with Gasteiger partial charge in [0.25, 0.3) is 0 Å². The van der Waals surface area contributed by atoms with Gasteiger partial charge in [-0.05, 0) is 64.7 Å². The highest BCUT2D eigenvalue weighted by atomic mass is 16.5. The van der Waals surface area contributed by atoms with Crippen LogP contribution in [-0.4, -0.2) is 13.2 Å². The Morgan fingerprint density at radius 2 is 0.656 bits per heavy atom. The summed E-state index contributed by atoms with van der Waals surface area (Å²) in [6.07, 6.45) is 65.5. The van der Waals surface area contributed by atoms with Crippen molar-refractivity contribution in [1.82, 2.24) is 0 Å². The molecule has 0 aromatic heterocycles. The first-order chi connectivity index (χ1) is 29.9. The van der Waals surface area contributed by atoms with Crippen molar-refractivity contribution < 1.29 is 4.74 Å². The van der Waals surface area contributed by atoms with Gasteiger partial charge in [0, 0.05) is 13.2 Å². The molecular formula is C60H128O. The Morgan fingerprint density at radius 3 is 0.869 bits per heavy atom. The molecule has 1 saturated carbocycles. The van der Waals surface area contributed by atoms with Gasteiger partial charge in [-0.15, -0.1) is 0 Å². The second-order valence-corrected chi connectivity index (χ2v) is 17.1. The maximum Gasteiger partial charge on any atom is 0.0466 e. The first-order valence-electron chi connectivity index (χ1n) is 28.4. The summed E-state index contributed by atoms with van der Waals surface area (Å²) in [4.78, 5) is 0. The average molecular weight is 866 g/mol. The quantitative estimate of drug-likeness (QED) is 0.0825. The topological polar surface area (TPSA) is 9.23 Å². The molecular weight excluding hydrogens is 737 g/mol. The molecule has 1 nitrogen and oxygen atoms in total. The van der Waals surface area contributed by atoms with Crippen molar-refractivity contribution in [2.24, 2.45) is 0 Å². The van der Waals surface area contributed by atoms with Crippen LogP contribution in [0.3, 0.4) is 0 Å². The second-order valence-electron chi connectivity index (χ2n) is 17.1.